The lowest BCUT2D eigenvalue weighted by Crippen LogP contribution is -2.30. The molecule has 1 amide bonds. The number of para-hydroxylation sites is 1. The predicted octanol–water partition coefficient (Wildman–Crippen LogP) is 2.94. The Kier molecular flexibility index (Phi) is 6.47. The number of amides is 1. The molecule has 0 bridgehead atoms. The highest BCUT2D eigenvalue weighted by Gasteiger charge is 2.23. The van der Waals surface area contributed by atoms with E-state index in [2.05, 4.69) is 37.1 Å². The van der Waals surface area contributed by atoms with E-state index in [1.54, 1.807) is 19.2 Å². The van der Waals surface area contributed by atoms with Gasteiger partial charge in [-0.05, 0) is 25.1 Å². The lowest BCUT2D eigenvalue weighted by atomic mass is 10.2. The lowest BCUT2D eigenvalue weighted by molar-refractivity contribution is 0.0909. The minimum Gasteiger partial charge on any atom is -0.496 e. The number of ether oxygens (including phenoxy) is 1. The number of carbonyl (C=O) groups excluding carboxylic acids is 1. The number of hydrogen-bond donors (Lipinski definition) is 1. The van der Waals surface area contributed by atoms with Crippen molar-refractivity contribution in [3.63, 3.8) is 0 Å². The summed E-state index contributed by atoms with van der Waals surface area (Å²) in [6.07, 6.45) is 6.56. The maximum Gasteiger partial charge on any atom is 0.287 e. The van der Waals surface area contributed by atoms with E-state index >= 15 is 0 Å². The van der Waals surface area contributed by atoms with Gasteiger partial charge >= 0.3 is 0 Å². The second-order valence-electron chi connectivity index (χ2n) is 7.49. The van der Waals surface area contributed by atoms with Crippen LogP contribution in [0.1, 0.15) is 40.7 Å². The van der Waals surface area contributed by atoms with Gasteiger partial charge in [-0.15, -0.1) is 10.2 Å². The summed E-state index contributed by atoms with van der Waals surface area (Å²) in [6, 6.07) is 11.1. The number of nitrogens with one attached hydrogen (secondary N) is 1. The van der Waals surface area contributed by atoms with E-state index in [1.807, 2.05) is 31.2 Å². The normalized spacial score (nSPS) is 15.4. The molecule has 0 saturated heterocycles. The Balaban J connectivity index is 1.36. The van der Waals surface area contributed by atoms with Gasteiger partial charge < -0.3 is 19.0 Å². The van der Waals surface area contributed by atoms with Crippen molar-refractivity contribution in [1.82, 2.24) is 25.0 Å². The molecule has 31 heavy (non-hydrogen) atoms. The monoisotopic (exact) mass is 421 g/mol. The molecule has 3 heterocycles. The predicted molar refractivity (Wildman–Crippen MR) is 117 cm³/mol. The van der Waals surface area contributed by atoms with E-state index in [-0.39, 0.29) is 17.7 Å². The number of benzene rings is 1. The molecule has 8 heteroatoms. The van der Waals surface area contributed by atoms with Gasteiger partial charge in [0, 0.05) is 38.2 Å². The average molecular weight is 422 g/mol. The summed E-state index contributed by atoms with van der Waals surface area (Å²) in [5.74, 6) is 2.62. The Hall–Kier alpha value is -3.39. The fraction of sp³-hybridized carbons (Fsp3) is 0.348. The smallest absolute Gasteiger partial charge is 0.287 e. The molecule has 0 fully saturated rings. The van der Waals surface area contributed by atoms with Crippen molar-refractivity contribution in [2.24, 2.45) is 0 Å². The van der Waals surface area contributed by atoms with Crippen LogP contribution < -0.4 is 10.1 Å². The van der Waals surface area contributed by atoms with E-state index in [0.29, 0.717) is 0 Å². The SMILES string of the molecule is COc1ccccc1/C=C/CN1CCc2nnc([C@@H](C)NC(=O)c3ccco3)n2CC1. The number of hydrogen-bond acceptors (Lipinski definition) is 6. The molecule has 1 atom stereocenters. The average Bonchev–Trinajstić information content (AvgIpc) is 3.42. The van der Waals surface area contributed by atoms with Crippen LogP contribution in [0.3, 0.4) is 0 Å². The zero-order chi connectivity index (χ0) is 21.6. The van der Waals surface area contributed by atoms with Crippen LogP contribution in [0.5, 0.6) is 5.75 Å². The Morgan fingerprint density at radius 3 is 2.90 bits per heavy atom. The first-order chi connectivity index (χ1) is 15.2. The molecule has 2 aromatic heterocycles. The fourth-order valence-corrected chi connectivity index (χ4v) is 3.76. The number of furan rings is 1. The number of rotatable bonds is 7. The zero-order valence-electron chi connectivity index (χ0n) is 17.8. The molecule has 1 N–H and O–H groups in total. The summed E-state index contributed by atoms with van der Waals surface area (Å²) in [5.41, 5.74) is 1.07. The summed E-state index contributed by atoms with van der Waals surface area (Å²) in [7, 11) is 1.69. The van der Waals surface area contributed by atoms with Gasteiger partial charge in [-0.1, -0.05) is 30.4 Å². The van der Waals surface area contributed by atoms with Gasteiger partial charge in [0.05, 0.1) is 19.4 Å². The van der Waals surface area contributed by atoms with Crippen LogP contribution in [-0.4, -0.2) is 52.3 Å². The zero-order valence-corrected chi connectivity index (χ0v) is 17.8. The van der Waals surface area contributed by atoms with Crippen LogP contribution in [0.4, 0.5) is 0 Å². The van der Waals surface area contributed by atoms with Crippen molar-refractivity contribution in [1.29, 1.82) is 0 Å². The summed E-state index contributed by atoms with van der Waals surface area (Å²) < 4.78 is 12.7. The first kappa shape index (κ1) is 20.9. The van der Waals surface area contributed by atoms with E-state index in [1.165, 1.54) is 6.26 Å². The summed E-state index contributed by atoms with van der Waals surface area (Å²) in [5, 5.41) is 11.6. The van der Waals surface area contributed by atoms with Crippen molar-refractivity contribution in [3.05, 3.63) is 71.7 Å². The second-order valence-corrected chi connectivity index (χ2v) is 7.49. The molecule has 162 valence electrons. The first-order valence-electron chi connectivity index (χ1n) is 10.4. The van der Waals surface area contributed by atoms with Gasteiger partial charge in [0.25, 0.3) is 5.91 Å². The van der Waals surface area contributed by atoms with Gasteiger partial charge in [-0.2, -0.15) is 0 Å². The Morgan fingerprint density at radius 1 is 1.23 bits per heavy atom. The van der Waals surface area contributed by atoms with Crippen molar-refractivity contribution in [2.45, 2.75) is 25.9 Å². The van der Waals surface area contributed by atoms with Gasteiger partial charge in [0.1, 0.15) is 11.6 Å². The van der Waals surface area contributed by atoms with Crippen molar-refractivity contribution < 1.29 is 13.9 Å². The van der Waals surface area contributed by atoms with Crippen LogP contribution in [0.15, 0.2) is 53.2 Å². The number of nitrogens with zero attached hydrogens (tertiary/aromatic N) is 4. The molecule has 0 radical (unpaired) electrons. The molecule has 8 nitrogen and oxygen atoms in total. The third-order valence-electron chi connectivity index (χ3n) is 5.43. The van der Waals surface area contributed by atoms with Crippen molar-refractivity contribution in [3.8, 4) is 5.75 Å². The summed E-state index contributed by atoms with van der Waals surface area (Å²) in [6.45, 7) is 5.32. The van der Waals surface area contributed by atoms with Crippen molar-refractivity contribution in [2.75, 3.05) is 26.7 Å². The van der Waals surface area contributed by atoms with E-state index in [9.17, 15) is 4.79 Å². The topological polar surface area (TPSA) is 85.4 Å². The Morgan fingerprint density at radius 2 is 2.10 bits per heavy atom. The molecule has 1 aromatic carbocycles. The second kappa shape index (κ2) is 9.61. The van der Waals surface area contributed by atoms with Crippen LogP contribution >= 0.6 is 0 Å². The van der Waals surface area contributed by atoms with E-state index < -0.39 is 0 Å². The highest BCUT2D eigenvalue weighted by atomic mass is 16.5. The molecule has 1 aliphatic heterocycles. The Labute approximate surface area is 181 Å². The number of carbonyl (C=O) groups is 1. The van der Waals surface area contributed by atoms with E-state index in [0.717, 1.165) is 55.6 Å². The van der Waals surface area contributed by atoms with Crippen LogP contribution in [0.2, 0.25) is 0 Å². The van der Waals surface area contributed by atoms with Crippen LogP contribution in [0, 0.1) is 0 Å². The number of methoxy groups -OCH3 is 1. The molecular weight excluding hydrogens is 394 g/mol. The third kappa shape index (κ3) is 4.86. The number of fused-ring (bicyclic) bond motifs is 1. The molecule has 0 unspecified atom stereocenters. The maximum atomic E-state index is 12.3. The van der Waals surface area contributed by atoms with E-state index in [4.69, 9.17) is 9.15 Å². The highest BCUT2D eigenvalue weighted by Crippen LogP contribution is 2.19. The molecule has 4 rings (SSSR count). The van der Waals surface area contributed by atoms with Gasteiger partial charge in [-0.25, -0.2) is 0 Å². The molecule has 0 saturated carbocycles. The molecule has 1 aliphatic rings. The number of aromatic nitrogens is 3. The maximum absolute atomic E-state index is 12.3. The fourth-order valence-electron chi connectivity index (χ4n) is 3.76. The summed E-state index contributed by atoms with van der Waals surface area (Å²) in [4.78, 5) is 14.7. The third-order valence-corrected chi connectivity index (χ3v) is 5.43. The van der Waals surface area contributed by atoms with Gasteiger partial charge in [-0.3, -0.25) is 9.69 Å². The van der Waals surface area contributed by atoms with Crippen LogP contribution in [-0.2, 0) is 13.0 Å². The molecular formula is C23H27N5O3. The van der Waals surface area contributed by atoms with Crippen LogP contribution in [0.25, 0.3) is 6.08 Å². The van der Waals surface area contributed by atoms with Gasteiger partial charge in [0.15, 0.2) is 11.6 Å². The Bertz CT molecular complexity index is 1040. The standard InChI is InChI=1S/C23H27N5O3/c1-17(24-23(29)20-10-6-16-31-20)22-26-25-21-11-13-27(14-15-28(21)22)12-5-8-18-7-3-4-9-19(18)30-2/h3-10,16-17H,11-15H2,1-2H3,(H,24,29)/b8-5+/t17-/m1/s1. The lowest BCUT2D eigenvalue weighted by Gasteiger charge is -2.18. The van der Waals surface area contributed by atoms with Crippen molar-refractivity contribution >= 4 is 12.0 Å². The summed E-state index contributed by atoms with van der Waals surface area (Å²) >= 11 is 0. The first-order valence-corrected chi connectivity index (χ1v) is 10.4. The molecule has 3 aromatic rings. The largest absolute Gasteiger partial charge is 0.496 e. The highest BCUT2D eigenvalue weighted by molar-refractivity contribution is 5.91. The minimum atomic E-state index is -0.268. The minimum absolute atomic E-state index is 0.258. The quantitative estimate of drug-likeness (QED) is 0.631. The van der Waals surface area contributed by atoms with Gasteiger partial charge in [0.2, 0.25) is 0 Å². The molecule has 0 spiro atoms. The molecule has 0 aliphatic carbocycles.